The van der Waals surface area contributed by atoms with Crippen LogP contribution in [-0.4, -0.2) is 14.5 Å². The van der Waals surface area contributed by atoms with Crippen molar-refractivity contribution in [3.05, 3.63) is 235 Å². The van der Waals surface area contributed by atoms with Gasteiger partial charge in [0.05, 0.1) is 22.0 Å². The number of hydrogen-bond donors (Lipinski definition) is 0. The van der Waals surface area contributed by atoms with Crippen LogP contribution in [0.3, 0.4) is 0 Å². The summed E-state index contributed by atoms with van der Waals surface area (Å²) in [5.41, 5.74) is 16.8. The van der Waals surface area contributed by atoms with E-state index in [9.17, 15) is 0 Å². The Bertz CT molecular complexity index is 3010. The molecule has 10 aromatic rings. The first kappa shape index (κ1) is 32.1. The van der Waals surface area contributed by atoms with Crippen molar-refractivity contribution in [3.8, 4) is 50.5 Å². The zero-order chi connectivity index (χ0) is 37.1. The summed E-state index contributed by atoms with van der Waals surface area (Å²) >= 11 is 0. The molecule has 3 heteroatoms. The highest BCUT2D eigenvalue weighted by Crippen LogP contribution is 2.58. The van der Waals surface area contributed by atoms with Crippen molar-refractivity contribution in [2.45, 2.75) is 5.41 Å². The molecule has 1 aliphatic rings. The van der Waals surface area contributed by atoms with Gasteiger partial charge in [0.2, 0.25) is 0 Å². The molecule has 262 valence electrons. The Balaban J connectivity index is 1.18. The summed E-state index contributed by atoms with van der Waals surface area (Å²) in [4.78, 5) is 10.1. The predicted octanol–water partition coefficient (Wildman–Crippen LogP) is 12.9. The summed E-state index contributed by atoms with van der Waals surface area (Å²) in [6.07, 6.45) is 1.90. The van der Waals surface area contributed by atoms with E-state index in [0.717, 1.165) is 61.3 Å². The second-order valence-electron chi connectivity index (χ2n) is 14.5. The quantitative estimate of drug-likeness (QED) is 0.172. The van der Waals surface area contributed by atoms with Crippen molar-refractivity contribution in [2.75, 3.05) is 0 Å². The summed E-state index contributed by atoms with van der Waals surface area (Å²) in [5.74, 6) is 0.917. The molecule has 2 heterocycles. The maximum atomic E-state index is 5.16. The molecule has 0 unspecified atom stereocenters. The van der Waals surface area contributed by atoms with Gasteiger partial charge in [-0.3, -0.25) is 9.55 Å². The van der Waals surface area contributed by atoms with Crippen molar-refractivity contribution in [3.63, 3.8) is 0 Å². The van der Waals surface area contributed by atoms with Gasteiger partial charge >= 0.3 is 0 Å². The molecule has 56 heavy (non-hydrogen) atoms. The van der Waals surface area contributed by atoms with E-state index in [1.54, 1.807) is 0 Å². The van der Waals surface area contributed by atoms with Crippen LogP contribution in [0.4, 0.5) is 0 Å². The predicted molar refractivity (Wildman–Crippen MR) is 230 cm³/mol. The number of imidazole rings is 1. The SMILES string of the molecule is c1ccc(-n2c(-c3ccc(-c4cc5c(cc4-c4cccc6cccnc46)C(c4ccccc4)(c4ccccc4)c4ccccc4-5)cc3)nc3ccccc32)cc1. The standard InChI is InChI=1S/C53H35N3/c1-4-18-39(19-5-1)53(40-20-6-2-7-21-40)47-26-11-10-24-42(47)46-34-44(45(35-48(46)53)43-25-14-16-37-17-15-33-54-51(37)43)36-29-31-38(32-30-36)52-55-49-27-12-13-28-50(49)56(52)41-22-8-3-9-23-41/h1-35H. The van der Waals surface area contributed by atoms with E-state index in [-0.39, 0.29) is 0 Å². The Morgan fingerprint density at radius 3 is 1.80 bits per heavy atom. The van der Waals surface area contributed by atoms with Gasteiger partial charge in [-0.05, 0) is 92.5 Å². The zero-order valence-electron chi connectivity index (χ0n) is 30.5. The van der Waals surface area contributed by atoms with Crippen LogP contribution in [0, 0.1) is 0 Å². The minimum atomic E-state index is -0.514. The van der Waals surface area contributed by atoms with E-state index in [4.69, 9.17) is 9.97 Å². The summed E-state index contributed by atoms with van der Waals surface area (Å²) < 4.78 is 2.26. The number of aromatic nitrogens is 3. The molecule has 0 N–H and O–H groups in total. The lowest BCUT2D eigenvalue weighted by molar-refractivity contribution is 0.769. The van der Waals surface area contributed by atoms with Crippen LogP contribution in [-0.2, 0) is 5.41 Å². The molecule has 0 aliphatic heterocycles. The van der Waals surface area contributed by atoms with Crippen molar-refractivity contribution < 1.29 is 0 Å². The van der Waals surface area contributed by atoms with Gasteiger partial charge in [0.25, 0.3) is 0 Å². The van der Waals surface area contributed by atoms with Gasteiger partial charge in [-0.15, -0.1) is 0 Å². The minimum absolute atomic E-state index is 0.514. The van der Waals surface area contributed by atoms with Gasteiger partial charge in [0.15, 0.2) is 0 Å². The van der Waals surface area contributed by atoms with Crippen LogP contribution in [0.5, 0.6) is 0 Å². The molecule has 0 atom stereocenters. The zero-order valence-corrected chi connectivity index (χ0v) is 30.5. The van der Waals surface area contributed by atoms with E-state index in [1.165, 1.54) is 33.4 Å². The van der Waals surface area contributed by atoms with E-state index >= 15 is 0 Å². The molecule has 0 spiro atoms. The van der Waals surface area contributed by atoms with Crippen molar-refractivity contribution in [1.82, 2.24) is 14.5 Å². The molecule has 0 saturated carbocycles. The number of para-hydroxylation sites is 4. The molecule has 8 aromatic carbocycles. The fraction of sp³-hybridized carbons (Fsp3) is 0.0189. The summed E-state index contributed by atoms with van der Waals surface area (Å²) in [6.45, 7) is 0. The lowest BCUT2D eigenvalue weighted by Crippen LogP contribution is -2.28. The van der Waals surface area contributed by atoms with Crippen LogP contribution in [0.15, 0.2) is 212 Å². The van der Waals surface area contributed by atoms with Crippen molar-refractivity contribution in [1.29, 1.82) is 0 Å². The fourth-order valence-corrected chi connectivity index (χ4v) is 9.13. The molecule has 11 rings (SSSR count). The van der Waals surface area contributed by atoms with E-state index in [0.29, 0.717) is 0 Å². The summed E-state index contributed by atoms with van der Waals surface area (Å²) in [6, 6.07) is 74.4. The second kappa shape index (κ2) is 12.9. The molecule has 0 radical (unpaired) electrons. The molecule has 3 nitrogen and oxygen atoms in total. The number of hydrogen-bond acceptors (Lipinski definition) is 2. The van der Waals surface area contributed by atoms with Crippen LogP contribution in [0.2, 0.25) is 0 Å². The molecule has 1 aliphatic carbocycles. The average molecular weight is 714 g/mol. The van der Waals surface area contributed by atoms with Gasteiger partial charge in [-0.25, -0.2) is 4.98 Å². The molecule has 0 fully saturated rings. The molecular formula is C53H35N3. The van der Waals surface area contributed by atoms with Gasteiger partial charge in [-0.2, -0.15) is 0 Å². The molecule has 2 aromatic heterocycles. The van der Waals surface area contributed by atoms with E-state index in [2.05, 4.69) is 205 Å². The fourth-order valence-electron chi connectivity index (χ4n) is 9.13. The molecule has 0 bridgehead atoms. The lowest BCUT2D eigenvalue weighted by atomic mass is 9.67. The topological polar surface area (TPSA) is 30.7 Å². The number of fused-ring (bicyclic) bond motifs is 5. The maximum Gasteiger partial charge on any atom is 0.145 e. The largest absolute Gasteiger partial charge is 0.292 e. The first-order chi connectivity index (χ1) is 27.8. The monoisotopic (exact) mass is 713 g/mol. The Hall–Kier alpha value is -7.36. The normalized spacial score (nSPS) is 12.8. The van der Waals surface area contributed by atoms with E-state index < -0.39 is 5.41 Å². The first-order valence-corrected chi connectivity index (χ1v) is 19.2. The Kier molecular flexibility index (Phi) is 7.39. The van der Waals surface area contributed by atoms with Crippen LogP contribution >= 0.6 is 0 Å². The Labute approximate surface area is 325 Å². The highest BCUT2D eigenvalue weighted by Gasteiger charge is 2.46. The van der Waals surface area contributed by atoms with E-state index in [1.807, 2.05) is 12.3 Å². The summed E-state index contributed by atoms with van der Waals surface area (Å²) in [7, 11) is 0. The van der Waals surface area contributed by atoms with Gasteiger partial charge in [-0.1, -0.05) is 164 Å². The third-order valence-corrected chi connectivity index (χ3v) is 11.5. The van der Waals surface area contributed by atoms with Gasteiger partial charge < -0.3 is 0 Å². The number of benzene rings is 8. The average Bonchev–Trinajstić information content (AvgIpc) is 3.81. The smallest absolute Gasteiger partial charge is 0.145 e. The third-order valence-electron chi connectivity index (χ3n) is 11.5. The van der Waals surface area contributed by atoms with Crippen LogP contribution < -0.4 is 0 Å². The highest BCUT2D eigenvalue weighted by molar-refractivity contribution is 6.01. The number of rotatable bonds is 6. The van der Waals surface area contributed by atoms with Crippen molar-refractivity contribution >= 4 is 21.9 Å². The number of pyridine rings is 1. The first-order valence-electron chi connectivity index (χ1n) is 19.2. The molecule has 0 amide bonds. The maximum absolute atomic E-state index is 5.16. The lowest BCUT2D eigenvalue weighted by Gasteiger charge is -2.34. The Morgan fingerprint density at radius 1 is 0.411 bits per heavy atom. The molecule has 0 saturated heterocycles. The van der Waals surface area contributed by atoms with Gasteiger partial charge in [0, 0.05) is 28.4 Å². The second-order valence-corrected chi connectivity index (χ2v) is 14.5. The van der Waals surface area contributed by atoms with Crippen LogP contribution in [0.25, 0.3) is 72.4 Å². The molecular weight excluding hydrogens is 679 g/mol. The number of nitrogens with zero attached hydrogens (tertiary/aromatic N) is 3. The highest BCUT2D eigenvalue weighted by atomic mass is 15.1. The third kappa shape index (κ3) is 4.84. The summed E-state index contributed by atoms with van der Waals surface area (Å²) in [5, 5.41) is 1.12. The minimum Gasteiger partial charge on any atom is -0.292 e. The Morgan fingerprint density at radius 2 is 1.04 bits per heavy atom. The van der Waals surface area contributed by atoms with Crippen LogP contribution in [0.1, 0.15) is 22.3 Å². The van der Waals surface area contributed by atoms with Gasteiger partial charge in [0.1, 0.15) is 5.82 Å². The van der Waals surface area contributed by atoms with Crippen molar-refractivity contribution in [2.24, 2.45) is 0 Å².